The monoisotopic (exact) mass is 515 g/mol. The maximum Gasteiger partial charge on any atom is 0.332 e. The maximum absolute atomic E-state index is 12.9. The summed E-state index contributed by atoms with van der Waals surface area (Å²) in [6.07, 6.45) is 10.3. The molecule has 5 rings (SSSR count). The van der Waals surface area contributed by atoms with Crippen molar-refractivity contribution < 1.29 is 23.8 Å². The number of hydrogen-bond donors (Lipinski definition) is 1. The average Bonchev–Trinajstić information content (AvgIpc) is 3.53. The Kier molecular flexibility index (Phi) is 7.86. The zero-order valence-corrected chi connectivity index (χ0v) is 21.6. The topological polar surface area (TPSA) is 106 Å². The van der Waals surface area contributed by atoms with Gasteiger partial charge in [0.15, 0.2) is 0 Å². The van der Waals surface area contributed by atoms with Crippen LogP contribution < -0.4 is 4.74 Å². The smallest absolute Gasteiger partial charge is 0.332 e. The summed E-state index contributed by atoms with van der Waals surface area (Å²) in [6, 6.07) is 10.9. The zero-order valence-electron chi connectivity index (χ0n) is 21.6. The number of oxazole rings is 1. The van der Waals surface area contributed by atoms with Crippen LogP contribution in [0.2, 0.25) is 0 Å². The van der Waals surface area contributed by atoms with E-state index in [4.69, 9.17) is 9.15 Å². The Labute approximate surface area is 222 Å². The van der Waals surface area contributed by atoms with Crippen molar-refractivity contribution in [3.8, 4) is 17.2 Å². The molecule has 0 bridgehead atoms. The fourth-order valence-corrected chi connectivity index (χ4v) is 5.47. The number of aliphatic carboxylic acids is 1. The van der Waals surface area contributed by atoms with Crippen LogP contribution in [0.15, 0.2) is 58.8 Å². The molecule has 2 atom stereocenters. The molecule has 1 saturated heterocycles. The molecule has 3 heterocycles. The predicted molar refractivity (Wildman–Crippen MR) is 142 cm³/mol. The quantitative estimate of drug-likeness (QED) is 0.392. The Balaban J connectivity index is 1.15. The molecule has 1 N–H and O–H groups in total. The third-order valence-corrected chi connectivity index (χ3v) is 7.58. The largest absolute Gasteiger partial charge is 0.493 e. The predicted octanol–water partition coefficient (Wildman–Crippen LogP) is 5.17. The maximum atomic E-state index is 12.9. The second-order valence-corrected chi connectivity index (χ2v) is 10.2. The SMILES string of the molecule is Cc1oc(-c2cccnc2)nc1CCOc1ccc(/C=C(\CC(=O)N2C[C@H]3CCCC[C@H]3C2)C(=O)O)cc1. The van der Waals surface area contributed by atoms with Crippen LogP contribution in [0.1, 0.15) is 49.1 Å². The fourth-order valence-electron chi connectivity index (χ4n) is 5.47. The first-order valence-corrected chi connectivity index (χ1v) is 13.3. The Hall–Kier alpha value is -3.94. The molecule has 2 aromatic heterocycles. The summed E-state index contributed by atoms with van der Waals surface area (Å²) in [5.41, 5.74) is 2.47. The van der Waals surface area contributed by atoms with Gasteiger partial charge in [0.1, 0.15) is 11.5 Å². The Morgan fingerprint density at radius 1 is 1.13 bits per heavy atom. The highest BCUT2D eigenvalue weighted by Crippen LogP contribution is 2.36. The number of carboxylic acids is 1. The lowest BCUT2D eigenvalue weighted by atomic mass is 9.82. The molecule has 1 aliphatic heterocycles. The van der Waals surface area contributed by atoms with Crippen molar-refractivity contribution in [2.45, 2.75) is 45.4 Å². The fraction of sp³-hybridized carbons (Fsp3) is 0.400. The van der Waals surface area contributed by atoms with Crippen molar-refractivity contribution in [2.75, 3.05) is 19.7 Å². The number of hydrogen-bond acceptors (Lipinski definition) is 6. The number of amides is 1. The van der Waals surface area contributed by atoms with Crippen LogP contribution in [0.4, 0.5) is 0 Å². The molecule has 198 valence electrons. The molecule has 8 heteroatoms. The first-order valence-electron chi connectivity index (χ1n) is 13.3. The van der Waals surface area contributed by atoms with E-state index in [-0.39, 0.29) is 17.9 Å². The molecule has 1 amide bonds. The third-order valence-electron chi connectivity index (χ3n) is 7.58. The second-order valence-electron chi connectivity index (χ2n) is 10.2. The van der Waals surface area contributed by atoms with Gasteiger partial charge in [-0.25, -0.2) is 9.78 Å². The van der Waals surface area contributed by atoms with Crippen molar-refractivity contribution in [2.24, 2.45) is 11.8 Å². The lowest BCUT2D eigenvalue weighted by Crippen LogP contribution is -2.29. The first-order chi connectivity index (χ1) is 18.5. The van der Waals surface area contributed by atoms with Crippen molar-refractivity contribution >= 4 is 18.0 Å². The number of benzene rings is 1. The Bertz CT molecular complexity index is 1290. The van der Waals surface area contributed by atoms with Gasteiger partial charge in [-0.2, -0.15) is 0 Å². The van der Waals surface area contributed by atoms with E-state index < -0.39 is 5.97 Å². The molecule has 1 aromatic carbocycles. The van der Waals surface area contributed by atoms with E-state index in [0.29, 0.717) is 42.1 Å². The number of likely N-dealkylation sites (tertiary alicyclic amines) is 1. The van der Waals surface area contributed by atoms with E-state index in [2.05, 4.69) is 9.97 Å². The van der Waals surface area contributed by atoms with E-state index in [1.807, 2.05) is 24.0 Å². The van der Waals surface area contributed by atoms with E-state index >= 15 is 0 Å². The highest BCUT2D eigenvalue weighted by atomic mass is 16.5. The summed E-state index contributed by atoms with van der Waals surface area (Å²) in [6.45, 7) is 3.83. The second kappa shape index (κ2) is 11.6. The standard InChI is InChI=1S/C30H33N3O5/c1-20-27(32-29(38-20)22-7-4-13-31-17-22)12-14-37-26-10-8-21(9-11-26)15-25(30(35)36)16-28(34)33-18-23-5-2-3-6-24(23)19-33/h4,7-11,13,15,17,23-24H,2-3,5-6,12,14,16,18-19H2,1H3,(H,35,36)/b25-15+/t23-,24+. The molecule has 1 saturated carbocycles. The van der Waals surface area contributed by atoms with Gasteiger partial charge < -0.3 is 19.2 Å². The van der Waals surface area contributed by atoms with Gasteiger partial charge in [-0.05, 0) is 67.5 Å². The first kappa shape index (κ1) is 25.7. The molecular formula is C30H33N3O5. The molecule has 8 nitrogen and oxygen atoms in total. The van der Waals surface area contributed by atoms with Crippen molar-refractivity contribution in [1.82, 2.24) is 14.9 Å². The van der Waals surface area contributed by atoms with Gasteiger partial charge in [0.2, 0.25) is 11.8 Å². The number of nitrogens with zero attached hydrogens (tertiary/aromatic N) is 3. The van der Waals surface area contributed by atoms with Gasteiger partial charge in [-0.1, -0.05) is 25.0 Å². The van der Waals surface area contributed by atoms with Crippen LogP contribution in [0, 0.1) is 18.8 Å². The molecule has 38 heavy (non-hydrogen) atoms. The number of ether oxygens (including phenoxy) is 1. The highest BCUT2D eigenvalue weighted by molar-refractivity contribution is 5.98. The molecular weight excluding hydrogens is 482 g/mol. The van der Waals surface area contributed by atoms with Crippen molar-refractivity contribution in [3.05, 3.63) is 71.4 Å². The summed E-state index contributed by atoms with van der Waals surface area (Å²) >= 11 is 0. The highest BCUT2D eigenvalue weighted by Gasteiger charge is 2.36. The molecule has 2 fully saturated rings. The molecule has 1 aliphatic carbocycles. The summed E-state index contributed by atoms with van der Waals surface area (Å²) in [5, 5.41) is 9.73. The van der Waals surface area contributed by atoms with Gasteiger partial charge in [0.05, 0.1) is 24.3 Å². The Morgan fingerprint density at radius 3 is 2.53 bits per heavy atom. The minimum atomic E-state index is -1.07. The molecule has 0 radical (unpaired) electrons. The normalized spacial score (nSPS) is 19.3. The summed E-state index contributed by atoms with van der Waals surface area (Å²) in [4.78, 5) is 35.3. The average molecular weight is 516 g/mol. The summed E-state index contributed by atoms with van der Waals surface area (Å²) in [5.74, 6) is 1.95. The molecule has 0 spiro atoms. The number of carboxylic acid groups (broad SMARTS) is 1. The van der Waals surface area contributed by atoms with Crippen LogP contribution in [-0.4, -0.2) is 51.5 Å². The minimum Gasteiger partial charge on any atom is -0.493 e. The molecule has 0 unspecified atom stereocenters. The van der Waals surface area contributed by atoms with Gasteiger partial charge in [0, 0.05) is 37.5 Å². The van der Waals surface area contributed by atoms with Gasteiger partial charge >= 0.3 is 5.97 Å². The van der Waals surface area contributed by atoms with Crippen LogP contribution in [0.5, 0.6) is 5.75 Å². The van der Waals surface area contributed by atoms with E-state index in [9.17, 15) is 14.7 Å². The van der Waals surface area contributed by atoms with Gasteiger partial charge in [0.25, 0.3) is 0 Å². The Morgan fingerprint density at radius 2 is 1.87 bits per heavy atom. The number of fused-ring (bicyclic) bond motifs is 1. The number of aromatic nitrogens is 2. The van der Waals surface area contributed by atoms with Crippen molar-refractivity contribution in [3.63, 3.8) is 0 Å². The van der Waals surface area contributed by atoms with E-state index in [1.165, 1.54) is 25.7 Å². The number of pyridine rings is 1. The van der Waals surface area contributed by atoms with Crippen LogP contribution in [-0.2, 0) is 16.0 Å². The lowest BCUT2D eigenvalue weighted by Gasteiger charge is -2.22. The van der Waals surface area contributed by atoms with E-state index in [1.54, 1.807) is 42.7 Å². The number of carbonyl (C=O) groups is 2. The van der Waals surface area contributed by atoms with Crippen molar-refractivity contribution in [1.29, 1.82) is 0 Å². The van der Waals surface area contributed by atoms with Crippen LogP contribution >= 0.6 is 0 Å². The molecule has 3 aromatic rings. The number of rotatable bonds is 9. The molecule has 2 aliphatic rings. The van der Waals surface area contributed by atoms with Gasteiger partial charge in [-0.3, -0.25) is 9.78 Å². The number of aryl methyl sites for hydroxylation is 1. The lowest BCUT2D eigenvalue weighted by molar-refractivity contribution is -0.136. The number of carbonyl (C=O) groups excluding carboxylic acids is 1. The summed E-state index contributed by atoms with van der Waals surface area (Å²) in [7, 11) is 0. The zero-order chi connectivity index (χ0) is 26.5. The third kappa shape index (κ3) is 6.13. The summed E-state index contributed by atoms with van der Waals surface area (Å²) < 4.78 is 11.6. The van der Waals surface area contributed by atoms with Crippen LogP contribution in [0.25, 0.3) is 17.5 Å². The minimum absolute atomic E-state index is 0.0922. The van der Waals surface area contributed by atoms with Gasteiger partial charge in [-0.15, -0.1) is 0 Å². The van der Waals surface area contributed by atoms with E-state index in [0.717, 1.165) is 30.1 Å². The van der Waals surface area contributed by atoms with Crippen LogP contribution in [0.3, 0.4) is 0 Å².